The predicted octanol–water partition coefficient (Wildman–Crippen LogP) is 4.70. The minimum Gasteiger partial charge on any atom is -0.383 e. The van der Waals surface area contributed by atoms with Crippen molar-refractivity contribution in [3.8, 4) is 0 Å². The van der Waals surface area contributed by atoms with E-state index in [1.807, 2.05) is 6.92 Å². The second-order valence-corrected chi connectivity index (χ2v) is 7.04. The van der Waals surface area contributed by atoms with Crippen molar-refractivity contribution in [2.45, 2.75) is 38.8 Å². The highest BCUT2D eigenvalue weighted by Crippen LogP contribution is 2.58. The molecular weight excluding hydrogens is 402 g/mol. The van der Waals surface area contributed by atoms with Crippen LogP contribution >= 0.6 is 24.8 Å². The smallest absolute Gasteiger partial charge is 0.383 e. The monoisotopic (exact) mass is 427 g/mol. The van der Waals surface area contributed by atoms with E-state index >= 15 is 0 Å². The first-order chi connectivity index (χ1) is 11.9. The van der Waals surface area contributed by atoms with E-state index in [9.17, 15) is 18.0 Å². The van der Waals surface area contributed by atoms with Crippen LogP contribution in [0.25, 0.3) is 0 Å². The average molecular weight is 428 g/mol. The number of carbonyl (C=O) groups excluding carboxylic acids is 1. The molecule has 1 aliphatic carbocycles. The highest BCUT2D eigenvalue weighted by molar-refractivity contribution is 5.98. The Hall–Kier alpha value is -1.18. The number of nitrogens with one attached hydrogen (secondary N) is 3. The van der Waals surface area contributed by atoms with Crippen molar-refractivity contribution < 1.29 is 18.0 Å². The van der Waals surface area contributed by atoms with Gasteiger partial charge in [-0.3, -0.25) is 4.79 Å². The maximum Gasteiger partial charge on any atom is 0.416 e. The largest absolute Gasteiger partial charge is 0.416 e. The molecule has 0 bridgehead atoms. The SMILES string of the molecule is CCCNc1ccc(C(F)(F)F)cc1NC(=O)C1CC12CCNCC2.Cl.Cl. The summed E-state index contributed by atoms with van der Waals surface area (Å²) in [5.74, 6) is -0.260. The second kappa shape index (κ2) is 9.34. The lowest BCUT2D eigenvalue weighted by atomic mass is 9.91. The summed E-state index contributed by atoms with van der Waals surface area (Å²) in [6.45, 7) is 4.40. The van der Waals surface area contributed by atoms with E-state index in [1.165, 1.54) is 6.07 Å². The zero-order valence-corrected chi connectivity index (χ0v) is 16.8. The molecule has 1 aromatic rings. The third-order valence-electron chi connectivity index (χ3n) is 5.28. The molecule has 1 saturated carbocycles. The topological polar surface area (TPSA) is 53.2 Å². The number of hydrogen-bond acceptors (Lipinski definition) is 3. The van der Waals surface area contributed by atoms with Crippen LogP contribution < -0.4 is 16.0 Å². The van der Waals surface area contributed by atoms with E-state index in [0.29, 0.717) is 12.2 Å². The van der Waals surface area contributed by atoms with E-state index in [2.05, 4.69) is 16.0 Å². The van der Waals surface area contributed by atoms with Gasteiger partial charge in [-0.1, -0.05) is 6.92 Å². The van der Waals surface area contributed by atoms with E-state index < -0.39 is 11.7 Å². The molecule has 0 radical (unpaired) electrons. The fourth-order valence-electron chi connectivity index (χ4n) is 3.65. The van der Waals surface area contributed by atoms with Crippen LogP contribution in [0.1, 0.15) is 38.2 Å². The Morgan fingerprint density at radius 2 is 1.89 bits per heavy atom. The number of piperidine rings is 1. The van der Waals surface area contributed by atoms with Gasteiger partial charge in [0.1, 0.15) is 0 Å². The fraction of sp³-hybridized carbons (Fsp3) is 0.611. The van der Waals surface area contributed by atoms with E-state index in [-0.39, 0.29) is 47.7 Å². The highest BCUT2D eigenvalue weighted by Gasteiger charge is 2.57. The molecule has 4 nitrogen and oxygen atoms in total. The van der Waals surface area contributed by atoms with Gasteiger partial charge < -0.3 is 16.0 Å². The maximum absolute atomic E-state index is 13.0. The normalized spacial score (nSPS) is 20.2. The lowest BCUT2D eigenvalue weighted by Crippen LogP contribution is -2.31. The summed E-state index contributed by atoms with van der Waals surface area (Å²) >= 11 is 0. The summed E-state index contributed by atoms with van der Waals surface area (Å²) in [5.41, 5.74) is 0.0400. The Morgan fingerprint density at radius 1 is 1.22 bits per heavy atom. The standard InChI is InChI=1S/C18H24F3N3O.2ClH/c1-2-7-23-14-4-3-12(18(19,20)21)10-15(14)24-16(25)13-11-17(13)5-8-22-9-6-17;;/h3-4,10,13,22-23H,2,5-9,11H2,1H3,(H,24,25);2*1H. The van der Waals surface area contributed by atoms with Crippen LogP contribution in [0.4, 0.5) is 24.5 Å². The van der Waals surface area contributed by atoms with Crippen molar-refractivity contribution in [2.24, 2.45) is 11.3 Å². The van der Waals surface area contributed by atoms with Crippen LogP contribution in [0, 0.1) is 11.3 Å². The van der Waals surface area contributed by atoms with Gasteiger partial charge in [0.25, 0.3) is 0 Å². The van der Waals surface area contributed by atoms with E-state index in [1.54, 1.807) is 0 Å². The second-order valence-electron chi connectivity index (χ2n) is 7.04. The lowest BCUT2D eigenvalue weighted by Gasteiger charge is -2.23. The number of halogens is 5. The number of amides is 1. The van der Waals surface area contributed by atoms with Crippen LogP contribution in [-0.4, -0.2) is 25.5 Å². The Balaban J connectivity index is 0.00000182. The molecule has 1 aromatic carbocycles. The third kappa shape index (κ3) is 5.42. The van der Waals surface area contributed by atoms with Crippen LogP contribution in [0.15, 0.2) is 18.2 Å². The average Bonchev–Trinajstić information content (AvgIpc) is 3.26. The molecule has 1 spiro atoms. The Kier molecular flexibility index (Phi) is 8.26. The summed E-state index contributed by atoms with van der Waals surface area (Å²) in [6.07, 6.45) is -0.855. The number of alkyl halides is 3. The van der Waals surface area contributed by atoms with Gasteiger partial charge in [0.2, 0.25) is 5.91 Å². The number of carbonyl (C=O) groups is 1. The zero-order chi connectivity index (χ0) is 18.1. The minimum absolute atomic E-state index is 0. The number of anilines is 2. The first-order valence-electron chi connectivity index (χ1n) is 8.82. The Morgan fingerprint density at radius 3 is 2.48 bits per heavy atom. The molecule has 9 heteroatoms. The minimum atomic E-state index is -4.43. The molecule has 3 N–H and O–H groups in total. The van der Waals surface area contributed by atoms with Gasteiger partial charge in [-0.25, -0.2) is 0 Å². The Bertz CT molecular complexity index is 649. The maximum atomic E-state index is 13.0. The summed E-state index contributed by atoms with van der Waals surface area (Å²) in [5, 5.41) is 9.11. The number of rotatable bonds is 5. The van der Waals surface area contributed by atoms with Crippen molar-refractivity contribution in [2.75, 3.05) is 30.3 Å². The third-order valence-corrected chi connectivity index (χ3v) is 5.28. The van der Waals surface area contributed by atoms with Crippen molar-refractivity contribution in [3.05, 3.63) is 23.8 Å². The molecule has 1 amide bonds. The van der Waals surface area contributed by atoms with Gasteiger partial charge in [0.15, 0.2) is 0 Å². The molecule has 27 heavy (non-hydrogen) atoms. The summed E-state index contributed by atoms with van der Waals surface area (Å²) in [7, 11) is 0. The van der Waals surface area contributed by atoms with Crippen LogP contribution in [0.5, 0.6) is 0 Å². The summed E-state index contributed by atoms with van der Waals surface area (Å²) in [6, 6.07) is 3.45. The van der Waals surface area contributed by atoms with Crippen LogP contribution in [0.2, 0.25) is 0 Å². The summed E-state index contributed by atoms with van der Waals surface area (Å²) in [4.78, 5) is 12.6. The van der Waals surface area contributed by atoms with E-state index in [0.717, 1.165) is 50.9 Å². The van der Waals surface area contributed by atoms with Crippen LogP contribution in [0.3, 0.4) is 0 Å². The molecule has 1 heterocycles. The molecule has 1 saturated heterocycles. The molecule has 154 valence electrons. The molecule has 3 rings (SSSR count). The number of hydrogen-bond donors (Lipinski definition) is 3. The van der Waals surface area contributed by atoms with E-state index in [4.69, 9.17) is 0 Å². The van der Waals surface area contributed by atoms with Gasteiger partial charge in [-0.2, -0.15) is 13.2 Å². The van der Waals surface area contributed by atoms with Crippen LogP contribution in [-0.2, 0) is 11.0 Å². The van der Waals surface area contributed by atoms with Gasteiger partial charge in [-0.15, -0.1) is 24.8 Å². The van der Waals surface area contributed by atoms with Crippen molar-refractivity contribution in [1.82, 2.24) is 5.32 Å². The number of benzene rings is 1. The van der Waals surface area contributed by atoms with Gasteiger partial charge in [0.05, 0.1) is 16.9 Å². The quantitative estimate of drug-likeness (QED) is 0.638. The molecule has 1 aliphatic heterocycles. The van der Waals surface area contributed by atoms with Crippen molar-refractivity contribution in [1.29, 1.82) is 0 Å². The van der Waals surface area contributed by atoms with Gasteiger partial charge in [-0.05, 0) is 62.4 Å². The Labute approximate surface area is 169 Å². The fourth-order valence-corrected chi connectivity index (χ4v) is 3.65. The molecule has 2 aliphatic rings. The van der Waals surface area contributed by atoms with Crippen molar-refractivity contribution >= 4 is 42.1 Å². The molecule has 1 unspecified atom stereocenters. The van der Waals surface area contributed by atoms with Gasteiger partial charge in [0, 0.05) is 12.5 Å². The first kappa shape index (κ1) is 23.9. The molecular formula is C18H26Cl2F3N3O. The zero-order valence-electron chi connectivity index (χ0n) is 15.1. The molecule has 2 fully saturated rings. The molecule has 0 aromatic heterocycles. The van der Waals surface area contributed by atoms with Gasteiger partial charge >= 0.3 is 6.18 Å². The lowest BCUT2D eigenvalue weighted by molar-refractivity contribution is -0.137. The first-order valence-corrected chi connectivity index (χ1v) is 8.82. The van der Waals surface area contributed by atoms with Crippen molar-refractivity contribution in [3.63, 3.8) is 0 Å². The highest BCUT2D eigenvalue weighted by atomic mass is 35.5. The predicted molar refractivity (Wildman–Crippen MR) is 106 cm³/mol. The summed E-state index contributed by atoms with van der Waals surface area (Å²) < 4.78 is 39.0. The molecule has 1 atom stereocenters.